The van der Waals surface area contributed by atoms with Crippen LogP contribution in [0.2, 0.25) is 0 Å². The van der Waals surface area contributed by atoms with Crippen LogP contribution in [0.15, 0.2) is 82.5 Å². The summed E-state index contributed by atoms with van der Waals surface area (Å²) in [6.07, 6.45) is 2.84. The minimum absolute atomic E-state index is 0.152. The van der Waals surface area contributed by atoms with E-state index >= 15 is 0 Å². The minimum atomic E-state index is -0.493. The maximum absolute atomic E-state index is 13.3. The molecule has 32 heavy (non-hydrogen) atoms. The van der Waals surface area contributed by atoms with E-state index in [-0.39, 0.29) is 24.5 Å². The van der Waals surface area contributed by atoms with Crippen molar-refractivity contribution >= 4 is 22.6 Å². The van der Waals surface area contributed by atoms with Crippen molar-refractivity contribution in [1.29, 1.82) is 0 Å². The normalized spacial score (nSPS) is 12.8. The number of carbonyl (C=O) groups is 1. The fourth-order valence-corrected chi connectivity index (χ4v) is 4.30. The van der Waals surface area contributed by atoms with Gasteiger partial charge in [0.05, 0.1) is 5.52 Å². The second-order valence-corrected chi connectivity index (χ2v) is 7.86. The lowest BCUT2D eigenvalue weighted by Gasteiger charge is -2.19. The molecule has 5 rings (SSSR count). The molecule has 4 aromatic rings. The monoisotopic (exact) mass is 426 g/mol. The molecule has 1 aliphatic rings. The van der Waals surface area contributed by atoms with Gasteiger partial charge in [-0.15, -0.1) is 0 Å². The Morgan fingerprint density at radius 3 is 2.53 bits per heavy atom. The number of nitrogens with zero attached hydrogens (tertiary/aromatic N) is 4. The van der Waals surface area contributed by atoms with Crippen molar-refractivity contribution in [3.05, 3.63) is 105 Å². The van der Waals surface area contributed by atoms with Gasteiger partial charge >= 0.3 is 5.69 Å². The molecule has 0 saturated carbocycles. The first-order valence-electron chi connectivity index (χ1n) is 10.6. The highest BCUT2D eigenvalue weighted by atomic mass is 16.2. The van der Waals surface area contributed by atoms with Crippen LogP contribution in [0.1, 0.15) is 11.1 Å². The van der Waals surface area contributed by atoms with Gasteiger partial charge in [-0.05, 0) is 42.2 Å². The number of hydrogen-bond acceptors (Lipinski definition) is 4. The van der Waals surface area contributed by atoms with Crippen LogP contribution in [0, 0.1) is 0 Å². The van der Waals surface area contributed by atoms with Crippen LogP contribution in [-0.2, 0) is 30.7 Å². The zero-order valence-corrected chi connectivity index (χ0v) is 17.5. The first-order valence-corrected chi connectivity index (χ1v) is 10.6. The Labute approximate surface area is 184 Å². The minimum Gasteiger partial charge on any atom is -0.310 e. The zero-order valence-electron chi connectivity index (χ0n) is 17.5. The van der Waals surface area contributed by atoms with E-state index in [9.17, 15) is 14.4 Å². The van der Waals surface area contributed by atoms with Crippen LogP contribution in [0.3, 0.4) is 0 Å². The number of benzene rings is 2. The Morgan fingerprint density at radius 1 is 0.906 bits per heavy atom. The Morgan fingerprint density at radius 2 is 1.69 bits per heavy atom. The van der Waals surface area contributed by atoms with Gasteiger partial charge in [0.15, 0.2) is 5.52 Å². The highest BCUT2D eigenvalue weighted by Gasteiger charge is 2.25. The molecule has 1 aliphatic heterocycles. The number of anilines is 1. The lowest BCUT2D eigenvalue weighted by Crippen LogP contribution is -2.44. The molecule has 0 bridgehead atoms. The fourth-order valence-electron chi connectivity index (χ4n) is 4.30. The van der Waals surface area contributed by atoms with E-state index in [1.807, 2.05) is 54.6 Å². The Balaban J connectivity index is 1.53. The van der Waals surface area contributed by atoms with Gasteiger partial charge < -0.3 is 4.90 Å². The first kappa shape index (κ1) is 19.9. The van der Waals surface area contributed by atoms with E-state index in [0.29, 0.717) is 18.5 Å². The van der Waals surface area contributed by atoms with Crippen molar-refractivity contribution in [3.63, 3.8) is 0 Å². The lowest BCUT2D eigenvalue weighted by atomic mass is 10.1. The number of para-hydroxylation sites is 1. The molecule has 7 heteroatoms. The van der Waals surface area contributed by atoms with Crippen molar-refractivity contribution < 1.29 is 4.79 Å². The van der Waals surface area contributed by atoms with Gasteiger partial charge in [-0.1, -0.05) is 48.5 Å². The smallest absolute Gasteiger partial charge is 0.310 e. The second kappa shape index (κ2) is 8.26. The average molecular weight is 426 g/mol. The van der Waals surface area contributed by atoms with Crippen LogP contribution in [0.25, 0.3) is 11.0 Å². The maximum atomic E-state index is 13.3. The van der Waals surface area contributed by atoms with E-state index < -0.39 is 11.2 Å². The van der Waals surface area contributed by atoms with E-state index in [1.165, 1.54) is 15.3 Å². The van der Waals surface area contributed by atoms with Gasteiger partial charge in [0, 0.05) is 25.0 Å². The van der Waals surface area contributed by atoms with E-state index in [4.69, 9.17) is 0 Å². The van der Waals surface area contributed by atoms with Crippen LogP contribution in [0.4, 0.5) is 5.69 Å². The summed E-state index contributed by atoms with van der Waals surface area (Å²) in [6, 6.07) is 20.8. The largest absolute Gasteiger partial charge is 0.332 e. The van der Waals surface area contributed by atoms with Crippen molar-refractivity contribution in [2.45, 2.75) is 25.9 Å². The molecule has 0 spiro atoms. The number of aryl methyl sites for hydroxylation is 1. The molecule has 7 nitrogen and oxygen atoms in total. The van der Waals surface area contributed by atoms with Crippen molar-refractivity contribution in [3.8, 4) is 0 Å². The van der Waals surface area contributed by atoms with Gasteiger partial charge in [0.1, 0.15) is 6.54 Å². The SMILES string of the molecule is O=C(Cn1c(=O)n(CCc2ccccc2)c(=O)c2ncccc21)N1CCc2ccccc21. The molecule has 2 aromatic heterocycles. The summed E-state index contributed by atoms with van der Waals surface area (Å²) < 4.78 is 2.56. The highest BCUT2D eigenvalue weighted by molar-refractivity contribution is 5.95. The summed E-state index contributed by atoms with van der Waals surface area (Å²) in [5.74, 6) is -0.185. The zero-order chi connectivity index (χ0) is 22.1. The molecule has 0 N–H and O–H groups in total. The van der Waals surface area contributed by atoms with Gasteiger partial charge in [0.25, 0.3) is 5.56 Å². The van der Waals surface area contributed by atoms with Gasteiger partial charge in [-0.3, -0.25) is 18.7 Å². The molecule has 1 amide bonds. The first-order chi connectivity index (χ1) is 15.6. The van der Waals surface area contributed by atoms with Gasteiger partial charge in [-0.25, -0.2) is 9.78 Å². The molecule has 2 aromatic carbocycles. The summed E-state index contributed by atoms with van der Waals surface area (Å²) in [5, 5.41) is 0. The molecule has 0 fully saturated rings. The third-order valence-electron chi connectivity index (χ3n) is 5.94. The summed E-state index contributed by atoms with van der Waals surface area (Å²) >= 11 is 0. The molecule has 0 radical (unpaired) electrons. The third-order valence-corrected chi connectivity index (χ3v) is 5.94. The van der Waals surface area contributed by atoms with Crippen LogP contribution < -0.4 is 16.1 Å². The van der Waals surface area contributed by atoms with Crippen LogP contribution in [-0.4, -0.2) is 26.6 Å². The standard InChI is InChI=1S/C25H22N4O3/c30-22(27-16-13-19-9-4-5-10-20(19)27)17-29-21-11-6-14-26-23(21)24(31)28(25(29)32)15-12-18-7-2-1-3-8-18/h1-11,14H,12-13,15-17H2. The summed E-state index contributed by atoms with van der Waals surface area (Å²) in [7, 11) is 0. The summed E-state index contributed by atoms with van der Waals surface area (Å²) in [5.41, 5.74) is 2.66. The topological polar surface area (TPSA) is 77.2 Å². The molecule has 0 saturated heterocycles. The molecule has 160 valence electrons. The second-order valence-electron chi connectivity index (χ2n) is 7.86. The number of amides is 1. The van der Waals surface area contributed by atoms with Gasteiger partial charge in [0.2, 0.25) is 5.91 Å². The number of hydrogen-bond donors (Lipinski definition) is 0. The maximum Gasteiger partial charge on any atom is 0.332 e. The predicted octanol–water partition coefficient (Wildman–Crippen LogP) is 2.39. The summed E-state index contributed by atoms with van der Waals surface area (Å²) in [4.78, 5) is 45.5. The molecule has 0 atom stereocenters. The molecular weight excluding hydrogens is 404 g/mol. The Kier molecular flexibility index (Phi) is 5.15. The van der Waals surface area contributed by atoms with Crippen molar-refractivity contribution in [1.82, 2.24) is 14.1 Å². The Bertz CT molecular complexity index is 1420. The fraction of sp³-hybridized carbons (Fsp3) is 0.200. The number of aromatic nitrogens is 3. The van der Waals surface area contributed by atoms with Crippen molar-refractivity contribution in [2.24, 2.45) is 0 Å². The predicted molar refractivity (Wildman–Crippen MR) is 123 cm³/mol. The molecular formula is C25H22N4O3. The van der Waals surface area contributed by atoms with E-state index in [0.717, 1.165) is 23.2 Å². The number of fused-ring (bicyclic) bond motifs is 2. The quantitative estimate of drug-likeness (QED) is 0.491. The Hall–Kier alpha value is -4.00. The van der Waals surface area contributed by atoms with Crippen molar-refractivity contribution in [2.75, 3.05) is 11.4 Å². The lowest BCUT2D eigenvalue weighted by molar-refractivity contribution is -0.119. The number of rotatable bonds is 5. The average Bonchev–Trinajstić information content (AvgIpc) is 3.27. The van der Waals surface area contributed by atoms with E-state index in [1.54, 1.807) is 17.0 Å². The van der Waals surface area contributed by atoms with Gasteiger partial charge in [-0.2, -0.15) is 0 Å². The highest BCUT2D eigenvalue weighted by Crippen LogP contribution is 2.27. The third kappa shape index (κ3) is 3.51. The van der Waals surface area contributed by atoms with E-state index in [2.05, 4.69) is 4.98 Å². The number of carbonyl (C=O) groups excluding carboxylic acids is 1. The molecule has 0 aliphatic carbocycles. The summed E-state index contributed by atoms with van der Waals surface area (Å²) in [6.45, 7) is 0.646. The number of pyridine rings is 1. The molecule has 3 heterocycles. The molecule has 0 unspecified atom stereocenters. The van der Waals surface area contributed by atoms with Crippen LogP contribution in [0.5, 0.6) is 0 Å². The van der Waals surface area contributed by atoms with Crippen LogP contribution >= 0.6 is 0 Å².